The fraction of sp³-hybridized carbons (Fsp3) is 0.0714. The number of aromatic amines is 1. The van der Waals surface area contributed by atoms with E-state index in [-0.39, 0.29) is 5.91 Å². The molecule has 1 heterocycles. The highest BCUT2D eigenvalue weighted by Gasteiger charge is 1.99. The molecule has 1 amide bonds. The first kappa shape index (κ1) is 13.7. The molecule has 0 spiro atoms. The number of carbonyl (C=O) groups excluding carboxylic acids is 1. The number of halogens is 2. The molecule has 0 saturated carbocycles. The Balaban J connectivity index is 1.90. The van der Waals surface area contributed by atoms with E-state index in [1.807, 2.05) is 18.3 Å². The summed E-state index contributed by atoms with van der Waals surface area (Å²) < 4.78 is 0. The normalized spacial score (nSPS) is 10.8. The molecule has 1 aromatic heterocycles. The van der Waals surface area contributed by atoms with Gasteiger partial charge >= 0.3 is 0 Å². The van der Waals surface area contributed by atoms with Crippen LogP contribution in [0.1, 0.15) is 11.3 Å². The maximum absolute atomic E-state index is 11.6. The predicted molar refractivity (Wildman–Crippen MR) is 78.1 cm³/mol. The molecule has 1 aromatic carbocycles. The fourth-order valence-electron chi connectivity index (χ4n) is 1.51. The topological polar surface area (TPSA) is 44.9 Å². The van der Waals surface area contributed by atoms with Gasteiger partial charge in [-0.25, -0.2) is 0 Å². The standard InChI is InChI=1S/C14H12Cl2N2O/c15-12-5-3-10(8-13(12)16)4-6-14(19)18-9-11-2-1-7-17-11/h1-8,17H,9H2,(H,18,19). The molecule has 0 bridgehead atoms. The molecule has 0 aliphatic carbocycles. The van der Waals surface area contributed by atoms with Crippen molar-refractivity contribution in [3.05, 3.63) is 63.9 Å². The van der Waals surface area contributed by atoms with E-state index in [1.54, 1.807) is 24.3 Å². The molecular weight excluding hydrogens is 283 g/mol. The third-order valence-corrected chi connectivity index (χ3v) is 3.23. The molecule has 98 valence electrons. The zero-order valence-corrected chi connectivity index (χ0v) is 11.5. The minimum atomic E-state index is -0.166. The minimum Gasteiger partial charge on any atom is -0.364 e. The van der Waals surface area contributed by atoms with Gasteiger partial charge in [-0.3, -0.25) is 4.79 Å². The van der Waals surface area contributed by atoms with Crippen LogP contribution in [0, 0.1) is 0 Å². The van der Waals surface area contributed by atoms with E-state index in [0.717, 1.165) is 11.3 Å². The van der Waals surface area contributed by atoms with Gasteiger partial charge in [0.2, 0.25) is 5.91 Å². The lowest BCUT2D eigenvalue weighted by atomic mass is 10.2. The zero-order valence-electron chi connectivity index (χ0n) is 9.99. The van der Waals surface area contributed by atoms with Crippen LogP contribution >= 0.6 is 23.2 Å². The molecule has 2 N–H and O–H groups in total. The number of rotatable bonds is 4. The average Bonchev–Trinajstić information content (AvgIpc) is 2.91. The van der Waals surface area contributed by atoms with Crippen molar-refractivity contribution in [3.63, 3.8) is 0 Å². The van der Waals surface area contributed by atoms with Crippen LogP contribution in [-0.4, -0.2) is 10.9 Å². The van der Waals surface area contributed by atoms with Crippen LogP contribution in [-0.2, 0) is 11.3 Å². The van der Waals surface area contributed by atoms with Crippen LogP contribution < -0.4 is 5.32 Å². The summed E-state index contributed by atoms with van der Waals surface area (Å²) >= 11 is 11.7. The Hall–Kier alpha value is -1.71. The molecule has 2 rings (SSSR count). The number of benzene rings is 1. The summed E-state index contributed by atoms with van der Waals surface area (Å²) in [5, 5.41) is 3.73. The summed E-state index contributed by atoms with van der Waals surface area (Å²) in [6, 6.07) is 8.98. The van der Waals surface area contributed by atoms with Crippen molar-refractivity contribution in [1.82, 2.24) is 10.3 Å². The molecule has 3 nitrogen and oxygen atoms in total. The molecule has 0 saturated heterocycles. The van der Waals surface area contributed by atoms with E-state index < -0.39 is 0 Å². The second kappa shape index (κ2) is 6.45. The van der Waals surface area contributed by atoms with E-state index >= 15 is 0 Å². The van der Waals surface area contributed by atoms with Crippen molar-refractivity contribution in [2.75, 3.05) is 0 Å². The fourth-order valence-corrected chi connectivity index (χ4v) is 1.81. The van der Waals surface area contributed by atoms with Gasteiger partial charge in [0, 0.05) is 18.0 Å². The van der Waals surface area contributed by atoms with Crippen LogP contribution in [0.3, 0.4) is 0 Å². The lowest BCUT2D eigenvalue weighted by Gasteiger charge is -2.00. The Morgan fingerprint density at radius 3 is 2.79 bits per heavy atom. The monoisotopic (exact) mass is 294 g/mol. The molecule has 0 fully saturated rings. The number of H-pyrrole nitrogens is 1. The maximum atomic E-state index is 11.6. The molecular formula is C14H12Cl2N2O. The molecule has 2 aromatic rings. The van der Waals surface area contributed by atoms with Crippen molar-refractivity contribution in [1.29, 1.82) is 0 Å². The van der Waals surface area contributed by atoms with E-state index in [9.17, 15) is 4.79 Å². The van der Waals surface area contributed by atoms with Crippen molar-refractivity contribution in [2.45, 2.75) is 6.54 Å². The number of aromatic nitrogens is 1. The Morgan fingerprint density at radius 2 is 2.11 bits per heavy atom. The van der Waals surface area contributed by atoms with Crippen LogP contribution in [0.5, 0.6) is 0 Å². The Labute approximate surface area is 121 Å². The van der Waals surface area contributed by atoms with Crippen LogP contribution in [0.15, 0.2) is 42.6 Å². The van der Waals surface area contributed by atoms with Crippen LogP contribution in [0.25, 0.3) is 6.08 Å². The van der Waals surface area contributed by atoms with Gasteiger partial charge < -0.3 is 10.3 Å². The summed E-state index contributed by atoms with van der Waals surface area (Å²) in [6.07, 6.45) is 4.96. The van der Waals surface area contributed by atoms with Crippen molar-refractivity contribution < 1.29 is 4.79 Å². The summed E-state index contributed by atoms with van der Waals surface area (Å²) in [5.41, 5.74) is 1.78. The summed E-state index contributed by atoms with van der Waals surface area (Å²) in [5.74, 6) is -0.166. The third kappa shape index (κ3) is 4.16. The van der Waals surface area contributed by atoms with E-state index in [2.05, 4.69) is 10.3 Å². The SMILES string of the molecule is O=C(C=Cc1ccc(Cl)c(Cl)c1)NCc1ccc[nH]1. The van der Waals surface area contributed by atoms with E-state index in [0.29, 0.717) is 16.6 Å². The van der Waals surface area contributed by atoms with Crippen molar-refractivity contribution in [2.24, 2.45) is 0 Å². The van der Waals surface area contributed by atoms with Gasteiger partial charge in [-0.1, -0.05) is 29.3 Å². The maximum Gasteiger partial charge on any atom is 0.244 e. The quantitative estimate of drug-likeness (QED) is 0.831. The number of amides is 1. The van der Waals surface area contributed by atoms with Crippen LogP contribution in [0.4, 0.5) is 0 Å². The summed E-state index contributed by atoms with van der Waals surface area (Å²) in [6.45, 7) is 0.470. The van der Waals surface area contributed by atoms with Gasteiger partial charge in [-0.05, 0) is 35.9 Å². The molecule has 5 heteroatoms. The van der Waals surface area contributed by atoms with E-state index in [4.69, 9.17) is 23.2 Å². The van der Waals surface area contributed by atoms with Gasteiger partial charge in [0.05, 0.1) is 16.6 Å². The molecule has 0 unspecified atom stereocenters. The molecule has 0 aliphatic rings. The van der Waals surface area contributed by atoms with Gasteiger partial charge in [0.25, 0.3) is 0 Å². The first-order valence-corrected chi connectivity index (χ1v) is 6.44. The average molecular weight is 295 g/mol. The number of hydrogen-bond acceptors (Lipinski definition) is 1. The van der Waals surface area contributed by atoms with E-state index in [1.165, 1.54) is 6.08 Å². The lowest BCUT2D eigenvalue weighted by molar-refractivity contribution is -0.116. The van der Waals surface area contributed by atoms with Crippen molar-refractivity contribution in [3.8, 4) is 0 Å². The molecule has 19 heavy (non-hydrogen) atoms. The number of hydrogen-bond donors (Lipinski definition) is 2. The Morgan fingerprint density at radius 1 is 1.26 bits per heavy atom. The first-order valence-electron chi connectivity index (χ1n) is 5.68. The van der Waals surface area contributed by atoms with Crippen LogP contribution in [0.2, 0.25) is 10.0 Å². The van der Waals surface area contributed by atoms with Gasteiger partial charge in [0.1, 0.15) is 0 Å². The highest BCUT2D eigenvalue weighted by molar-refractivity contribution is 6.42. The molecule has 0 aliphatic heterocycles. The zero-order chi connectivity index (χ0) is 13.7. The number of carbonyl (C=O) groups is 1. The second-order valence-electron chi connectivity index (χ2n) is 3.92. The smallest absolute Gasteiger partial charge is 0.244 e. The second-order valence-corrected chi connectivity index (χ2v) is 4.73. The molecule has 0 radical (unpaired) electrons. The summed E-state index contributed by atoms with van der Waals surface area (Å²) in [7, 11) is 0. The lowest BCUT2D eigenvalue weighted by Crippen LogP contribution is -2.20. The van der Waals surface area contributed by atoms with Crippen molar-refractivity contribution >= 4 is 35.2 Å². The highest BCUT2D eigenvalue weighted by Crippen LogP contribution is 2.22. The van der Waals surface area contributed by atoms with Gasteiger partial charge in [0.15, 0.2) is 0 Å². The predicted octanol–water partition coefficient (Wildman–Crippen LogP) is 3.65. The largest absolute Gasteiger partial charge is 0.364 e. The highest BCUT2D eigenvalue weighted by atomic mass is 35.5. The minimum absolute atomic E-state index is 0.166. The number of nitrogens with one attached hydrogen (secondary N) is 2. The third-order valence-electron chi connectivity index (χ3n) is 2.49. The Kier molecular flexibility index (Phi) is 4.66. The Bertz CT molecular complexity index is 591. The first-order chi connectivity index (χ1) is 9.15. The summed E-state index contributed by atoms with van der Waals surface area (Å²) in [4.78, 5) is 14.6. The van der Waals surface area contributed by atoms with Gasteiger partial charge in [-0.15, -0.1) is 0 Å². The van der Waals surface area contributed by atoms with Gasteiger partial charge in [-0.2, -0.15) is 0 Å². The molecule has 0 atom stereocenters.